The molecule has 0 fully saturated rings. The van der Waals surface area contributed by atoms with E-state index < -0.39 is 0 Å². The second-order valence-corrected chi connectivity index (χ2v) is 4.48. The maximum absolute atomic E-state index is 11.6. The Morgan fingerprint density at radius 2 is 2.00 bits per heavy atom. The van der Waals surface area contributed by atoms with E-state index in [1.165, 1.54) is 0 Å². The normalized spacial score (nSPS) is 10.6. The number of hydrogen-bond donors (Lipinski definition) is 2. The van der Waals surface area contributed by atoms with Gasteiger partial charge in [-0.3, -0.25) is 0 Å². The molecule has 0 saturated carbocycles. The number of carbonyl (C=O) groups excluding carboxylic acids is 1. The Balaban J connectivity index is 2.58. The summed E-state index contributed by atoms with van der Waals surface area (Å²) in [4.78, 5) is 13.9. The minimum absolute atomic E-state index is 0.339. The van der Waals surface area contributed by atoms with Gasteiger partial charge in [-0.1, -0.05) is 13.8 Å². The predicted molar refractivity (Wildman–Crippen MR) is 83.1 cm³/mol. The van der Waals surface area contributed by atoms with Crippen LogP contribution >= 0.6 is 0 Å². The van der Waals surface area contributed by atoms with Crippen LogP contribution < -0.4 is 11.1 Å². The van der Waals surface area contributed by atoms with Crippen molar-refractivity contribution in [3.63, 3.8) is 0 Å². The second kappa shape index (κ2) is 8.43. The number of rotatable bonds is 8. The van der Waals surface area contributed by atoms with Gasteiger partial charge in [-0.2, -0.15) is 0 Å². The zero-order valence-electron chi connectivity index (χ0n) is 12.6. The first-order valence-electron chi connectivity index (χ1n) is 7.15. The monoisotopic (exact) mass is 279 g/mol. The van der Waals surface area contributed by atoms with Gasteiger partial charge in [0.2, 0.25) is 0 Å². The molecule has 0 aliphatic carbocycles. The lowest BCUT2D eigenvalue weighted by Gasteiger charge is -2.19. The molecule has 0 amide bonds. The molecule has 0 aliphatic rings. The van der Waals surface area contributed by atoms with Crippen molar-refractivity contribution in [3.05, 3.63) is 23.8 Å². The van der Waals surface area contributed by atoms with Gasteiger partial charge >= 0.3 is 5.97 Å². The molecule has 3 N–H and O–H groups in total. The third-order valence-electron chi connectivity index (χ3n) is 3.20. The third kappa shape index (κ3) is 4.74. The minimum atomic E-state index is -0.339. The molecule has 0 bridgehead atoms. The van der Waals surface area contributed by atoms with E-state index >= 15 is 0 Å². The molecule has 0 atom stereocenters. The van der Waals surface area contributed by atoms with Crippen LogP contribution in [0.15, 0.2) is 18.2 Å². The van der Waals surface area contributed by atoms with Gasteiger partial charge in [-0.15, -0.1) is 0 Å². The summed E-state index contributed by atoms with van der Waals surface area (Å²) in [6, 6.07) is 5.20. The lowest BCUT2D eigenvalue weighted by molar-refractivity contribution is 0.0526. The average Bonchev–Trinajstić information content (AvgIpc) is 2.45. The Hall–Kier alpha value is -1.75. The fourth-order valence-electron chi connectivity index (χ4n) is 1.95. The summed E-state index contributed by atoms with van der Waals surface area (Å²) >= 11 is 0. The molecular formula is C15H25N3O2. The lowest BCUT2D eigenvalue weighted by atomic mass is 10.1. The summed E-state index contributed by atoms with van der Waals surface area (Å²) in [6.07, 6.45) is 0. The zero-order chi connectivity index (χ0) is 15.0. The number of carbonyl (C=O) groups is 1. The Kier molecular flexibility index (Phi) is 6.87. The summed E-state index contributed by atoms with van der Waals surface area (Å²) < 4.78 is 4.94. The van der Waals surface area contributed by atoms with Crippen LogP contribution in [-0.4, -0.2) is 43.7 Å². The minimum Gasteiger partial charge on any atom is -0.462 e. The van der Waals surface area contributed by atoms with Gasteiger partial charge in [0.05, 0.1) is 23.5 Å². The van der Waals surface area contributed by atoms with Gasteiger partial charge in [0.15, 0.2) is 0 Å². The van der Waals surface area contributed by atoms with E-state index in [-0.39, 0.29) is 5.97 Å². The first-order valence-corrected chi connectivity index (χ1v) is 7.15. The molecule has 1 aromatic carbocycles. The van der Waals surface area contributed by atoms with E-state index in [1.807, 2.05) is 6.07 Å². The van der Waals surface area contributed by atoms with Crippen LogP contribution in [0.3, 0.4) is 0 Å². The molecule has 0 aliphatic heterocycles. The van der Waals surface area contributed by atoms with E-state index in [1.54, 1.807) is 19.1 Å². The average molecular weight is 279 g/mol. The first-order chi connectivity index (χ1) is 9.62. The Morgan fingerprint density at radius 3 is 2.55 bits per heavy atom. The Bertz CT molecular complexity index is 431. The number of anilines is 2. The molecule has 0 radical (unpaired) electrons. The lowest BCUT2D eigenvalue weighted by Crippen LogP contribution is -2.28. The first kappa shape index (κ1) is 16.3. The highest BCUT2D eigenvalue weighted by Gasteiger charge is 2.08. The molecule has 1 rings (SSSR count). The van der Waals surface area contributed by atoms with Crippen LogP contribution in [0.4, 0.5) is 11.4 Å². The second-order valence-electron chi connectivity index (χ2n) is 4.48. The molecule has 20 heavy (non-hydrogen) atoms. The molecule has 0 saturated heterocycles. The maximum Gasteiger partial charge on any atom is 0.338 e. The van der Waals surface area contributed by atoms with Crippen molar-refractivity contribution < 1.29 is 9.53 Å². The van der Waals surface area contributed by atoms with Crippen LogP contribution in [0.2, 0.25) is 0 Å². The van der Waals surface area contributed by atoms with Crippen molar-refractivity contribution >= 4 is 17.3 Å². The third-order valence-corrected chi connectivity index (χ3v) is 3.20. The molecular weight excluding hydrogens is 254 g/mol. The van der Waals surface area contributed by atoms with Crippen molar-refractivity contribution in [2.24, 2.45) is 0 Å². The molecule has 0 aromatic heterocycles. The molecule has 0 heterocycles. The van der Waals surface area contributed by atoms with Crippen LogP contribution in [0, 0.1) is 0 Å². The molecule has 5 nitrogen and oxygen atoms in total. The number of hydrogen-bond acceptors (Lipinski definition) is 5. The standard InChI is InChI=1S/C15H25N3O2/c1-4-18(5-2)10-9-17-14-8-7-12(11-13(14)16)15(19)20-6-3/h7-8,11,17H,4-6,9-10,16H2,1-3H3. The highest BCUT2D eigenvalue weighted by molar-refractivity contribution is 5.91. The van der Waals surface area contributed by atoms with Crippen molar-refractivity contribution in [2.75, 3.05) is 43.8 Å². The largest absolute Gasteiger partial charge is 0.462 e. The van der Waals surface area contributed by atoms with Crippen molar-refractivity contribution in [3.8, 4) is 0 Å². The molecule has 112 valence electrons. The molecule has 5 heteroatoms. The summed E-state index contributed by atoms with van der Waals surface area (Å²) in [5.74, 6) is -0.339. The fourth-order valence-corrected chi connectivity index (χ4v) is 1.95. The van der Waals surface area contributed by atoms with Crippen LogP contribution in [0.25, 0.3) is 0 Å². The SMILES string of the molecule is CCOC(=O)c1ccc(NCCN(CC)CC)c(N)c1. The number of esters is 1. The fraction of sp³-hybridized carbons (Fsp3) is 0.533. The number of nitrogens with two attached hydrogens (primary N) is 1. The van der Waals surface area contributed by atoms with E-state index in [4.69, 9.17) is 10.5 Å². The summed E-state index contributed by atoms with van der Waals surface area (Å²) in [5, 5.41) is 3.29. The van der Waals surface area contributed by atoms with Gasteiger partial charge in [0.1, 0.15) is 0 Å². The highest BCUT2D eigenvalue weighted by Crippen LogP contribution is 2.20. The van der Waals surface area contributed by atoms with Gasteiger partial charge in [-0.25, -0.2) is 4.79 Å². The van der Waals surface area contributed by atoms with Crippen molar-refractivity contribution in [2.45, 2.75) is 20.8 Å². The van der Waals surface area contributed by atoms with E-state index in [0.29, 0.717) is 17.9 Å². The number of nitrogens with one attached hydrogen (secondary N) is 1. The number of ether oxygens (including phenoxy) is 1. The number of benzene rings is 1. The summed E-state index contributed by atoms with van der Waals surface area (Å²) in [7, 11) is 0. The van der Waals surface area contributed by atoms with Crippen LogP contribution in [0.1, 0.15) is 31.1 Å². The van der Waals surface area contributed by atoms with Crippen molar-refractivity contribution in [1.29, 1.82) is 0 Å². The van der Waals surface area contributed by atoms with Crippen molar-refractivity contribution in [1.82, 2.24) is 4.90 Å². The Morgan fingerprint density at radius 1 is 1.30 bits per heavy atom. The van der Waals surface area contributed by atoms with Crippen LogP contribution in [0.5, 0.6) is 0 Å². The maximum atomic E-state index is 11.6. The quantitative estimate of drug-likeness (QED) is 0.564. The van der Waals surface area contributed by atoms with Gasteiger partial charge in [0, 0.05) is 13.1 Å². The van der Waals surface area contributed by atoms with Gasteiger partial charge in [0.25, 0.3) is 0 Å². The molecule has 0 unspecified atom stereocenters. The Labute approximate surface area is 121 Å². The topological polar surface area (TPSA) is 67.6 Å². The van der Waals surface area contributed by atoms with E-state index in [0.717, 1.165) is 31.9 Å². The predicted octanol–water partition coefficient (Wildman–Crippen LogP) is 2.20. The highest BCUT2D eigenvalue weighted by atomic mass is 16.5. The number of nitrogens with zero attached hydrogens (tertiary/aromatic N) is 1. The molecule has 1 aromatic rings. The van der Waals surface area contributed by atoms with Gasteiger partial charge < -0.3 is 20.7 Å². The van der Waals surface area contributed by atoms with Gasteiger partial charge in [-0.05, 0) is 38.2 Å². The number of likely N-dealkylation sites (N-methyl/N-ethyl adjacent to an activating group) is 1. The molecule has 0 spiro atoms. The van der Waals surface area contributed by atoms with E-state index in [2.05, 4.69) is 24.1 Å². The summed E-state index contributed by atoms with van der Waals surface area (Å²) in [6.45, 7) is 10.3. The van der Waals surface area contributed by atoms with Crippen LogP contribution in [-0.2, 0) is 4.74 Å². The summed E-state index contributed by atoms with van der Waals surface area (Å²) in [5.41, 5.74) is 7.86. The zero-order valence-corrected chi connectivity index (χ0v) is 12.6. The van der Waals surface area contributed by atoms with E-state index in [9.17, 15) is 4.79 Å². The smallest absolute Gasteiger partial charge is 0.338 e. The number of nitrogen functional groups attached to an aromatic ring is 1.